The third kappa shape index (κ3) is 6.77. The molecule has 0 bridgehead atoms. The summed E-state index contributed by atoms with van der Waals surface area (Å²) in [6, 6.07) is 11.7. The number of benzene rings is 2. The molecule has 0 saturated carbocycles. The first-order chi connectivity index (χ1) is 16.2. The molecule has 2 N–H and O–H groups in total. The Hall–Kier alpha value is -3.47. The highest BCUT2D eigenvalue weighted by Crippen LogP contribution is 2.23. The molecule has 0 radical (unpaired) electrons. The molecule has 1 heterocycles. The van der Waals surface area contributed by atoms with Gasteiger partial charge in [-0.3, -0.25) is 19.5 Å². The number of ether oxygens (including phenoxy) is 1. The predicted molar refractivity (Wildman–Crippen MR) is 126 cm³/mol. The Morgan fingerprint density at radius 3 is 2.50 bits per heavy atom. The number of nitrogens with one attached hydrogen (secondary N) is 2. The van der Waals surface area contributed by atoms with E-state index in [1.807, 2.05) is 13.8 Å². The van der Waals surface area contributed by atoms with Gasteiger partial charge >= 0.3 is 12.6 Å². The maximum atomic E-state index is 13.2. The third-order valence-corrected chi connectivity index (χ3v) is 5.60. The smallest absolute Gasteiger partial charge is 0.387 e. The van der Waals surface area contributed by atoms with Gasteiger partial charge < -0.3 is 10.1 Å². The van der Waals surface area contributed by atoms with Crippen molar-refractivity contribution >= 4 is 34.6 Å². The van der Waals surface area contributed by atoms with Crippen LogP contribution in [0.3, 0.4) is 0 Å². The Balaban J connectivity index is 1.82. The van der Waals surface area contributed by atoms with E-state index < -0.39 is 18.5 Å². The van der Waals surface area contributed by atoms with Crippen molar-refractivity contribution < 1.29 is 23.1 Å². The summed E-state index contributed by atoms with van der Waals surface area (Å²) in [5, 5.41) is 5.43. The summed E-state index contributed by atoms with van der Waals surface area (Å²) in [5.41, 5.74) is 0.414. The Bertz CT molecular complexity index is 1220. The van der Waals surface area contributed by atoms with Crippen LogP contribution in [0.1, 0.15) is 20.3 Å². The van der Waals surface area contributed by atoms with Crippen molar-refractivity contribution in [3.05, 3.63) is 58.9 Å². The van der Waals surface area contributed by atoms with Crippen LogP contribution in [0.15, 0.2) is 58.5 Å². The van der Waals surface area contributed by atoms with Gasteiger partial charge in [-0.25, -0.2) is 9.78 Å². The lowest BCUT2D eigenvalue weighted by Crippen LogP contribution is -2.41. The molecule has 0 aliphatic carbocycles. The summed E-state index contributed by atoms with van der Waals surface area (Å²) in [5.74, 6) is -0.368. The van der Waals surface area contributed by atoms with Gasteiger partial charge in [0.15, 0.2) is 5.16 Å². The lowest BCUT2D eigenvalue weighted by atomic mass is 10.1. The van der Waals surface area contributed by atoms with Crippen LogP contribution in [0.5, 0.6) is 5.75 Å². The fraction of sp³-hybridized carbons (Fsp3) is 0.304. The lowest BCUT2D eigenvalue weighted by Gasteiger charge is -2.14. The standard InChI is InChI=1S/C23H24F2N4O4S/c1-14(2)11-12-26-22(32)28-19(30)13-34-23-27-18-6-4-3-5-17(18)20(31)29(23)15-7-9-16(10-8-15)33-21(24)25/h3-10,14,21H,11-13H2,1-2H3,(H2,26,28,30,32). The number of rotatable bonds is 9. The number of hydrogen-bond donors (Lipinski definition) is 2. The second kappa shape index (κ2) is 11.6. The fourth-order valence-electron chi connectivity index (χ4n) is 3.02. The van der Waals surface area contributed by atoms with Crippen molar-refractivity contribution in [3.63, 3.8) is 0 Å². The van der Waals surface area contributed by atoms with Crippen LogP contribution in [-0.2, 0) is 4.79 Å². The summed E-state index contributed by atoms with van der Waals surface area (Å²) in [4.78, 5) is 41.9. The van der Waals surface area contributed by atoms with Crippen LogP contribution in [0.25, 0.3) is 16.6 Å². The van der Waals surface area contributed by atoms with E-state index in [-0.39, 0.29) is 22.2 Å². The van der Waals surface area contributed by atoms with Crippen LogP contribution in [0, 0.1) is 5.92 Å². The number of urea groups is 1. The van der Waals surface area contributed by atoms with Gasteiger partial charge in [0.2, 0.25) is 5.91 Å². The van der Waals surface area contributed by atoms with E-state index in [9.17, 15) is 23.2 Å². The molecular weight excluding hydrogens is 466 g/mol. The van der Waals surface area contributed by atoms with E-state index in [0.29, 0.717) is 29.1 Å². The molecule has 2 aromatic carbocycles. The van der Waals surface area contributed by atoms with E-state index in [0.717, 1.165) is 18.2 Å². The number of para-hydroxylation sites is 1. The molecule has 3 aromatic rings. The van der Waals surface area contributed by atoms with E-state index in [2.05, 4.69) is 20.4 Å². The largest absolute Gasteiger partial charge is 0.435 e. The molecule has 0 spiro atoms. The number of amides is 3. The van der Waals surface area contributed by atoms with Gasteiger partial charge in [0.25, 0.3) is 5.56 Å². The first kappa shape index (κ1) is 25.2. The molecule has 0 aliphatic rings. The highest BCUT2D eigenvalue weighted by molar-refractivity contribution is 7.99. The number of hydrogen-bond acceptors (Lipinski definition) is 6. The second-order valence-electron chi connectivity index (χ2n) is 7.70. The molecular formula is C23H24F2N4O4S. The summed E-state index contributed by atoms with van der Waals surface area (Å²) in [6.07, 6.45) is 0.783. The number of imide groups is 1. The predicted octanol–water partition coefficient (Wildman–Crippen LogP) is 3.95. The average molecular weight is 491 g/mol. The molecule has 180 valence electrons. The Kier molecular flexibility index (Phi) is 8.58. The monoisotopic (exact) mass is 490 g/mol. The minimum Gasteiger partial charge on any atom is -0.435 e. The molecule has 0 unspecified atom stereocenters. The van der Waals surface area contributed by atoms with Gasteiger partial charge in [-0.1, -0.05) is 37.7 Å². The number of halogens is 2. The van der Waals surface area contributed by atoms with Crippen molar-refractivity contribution in [1.29, 1.82) is 0 Å². The molecule has 0 atom stereocenters. The normalized spacial score (nSPS) is 11.1. The SMILES string of the molecule is CC(C)CCNC(=O)NC(=O)CSc1nc2ccccc2c(=O)n1-c1ccc(OC(F)F)cc1. The minimum absolute atomic E-state index is 0.0578. The molecule has 1 aromatic heterocycles. The summed E-state index contributed by atoms with van der Waals surface area (Å²) in [7, 11) is 0. The zero-order valence-corrected chi connectivity index (χ0v) is 19.4. The van der Waals surface area contributed by atoms with E-state index in [1.54, 1.807) is 24.3 Å². The molecule has 34 heavy (non-hydrogen) atoms. The molecule has 8 nitrogen and oxygen atoms in total. The Morgan fingerprint density at radius 2 is 1.82 bits per heavy atom. The number of carbonyl (C=O) groups excluding carboxylic acids is 2. The first-order valence-corrected chi connectivity index (χ1v) is 11.5. The van der Waals surface area contributed by atoms with Crippen LogP contribution in [-0.4, -0.2) is 40.4 Å². The van der Waals surface area contributed by atoms with E-state index in [1.165, 1.54) is 28.8 Å². The summed E-state index contributed by atoms with van der Waals surface area (Å²) < 4.78 is 30.6. The third-order valence-electron chi connectivity index (χ3n) is 4.66. The van der Waals surface area contributed by atoms with Gasteiger partial charge in [-0.2, -0.15) is 8.78 Å². The van der Waals surface area contributed by atoms with Crippen molar-refractivity contribution in [2.24, 2.45) is 5.92 Å². The highest BCUT2D eigenvalue weighted by Gasteiger charge is 2.16. The number of fused-ring (bicyclic) bond motifs is 1. The molecule has 11 heteroatoms. The molecule has 0 fully saturated rings. The summed E-state index contributed by atoms with van der Waals surface area (Å²) in [6.45, 7) is 1.53. The maximum Gasteiger partial charge on any atom is 0.387 e. The zero-order valence-electron chi connectivity index (χ0n) is 18.6. The van der Waals surface area contributed by atoms with Gasteiger partial charge in [0.1, 0.15) is 5.75 Å². The quantitative estimate of drug-likeness (QED) is 0.348. The van der Waals surface area contributed by atoms with Crippen molar-refractivity contribution in [1.82, 2.24) is 20.2 Å². The summed E-state index contributed by atoms with van der Waals surface area (Å²) >= 11 is 0.973. The highest BCUT2D eigenvalue weighted by atomic mass is 32.2. The minimum atomic E-state index is -2.97. The topological polar surface area (TPSA) is 102 Å². The van der Waals surface area contributed by atoms with Crippen LogP contribution in [0.4, 0.5) is 13.6 Å². The van der Waals surface area contributed by atoms with Crippen molar-refractivity contribution in [2.45, 2.75) is 32.0 Å². The van der Waals surface area contributed by atoms with Crippen LogP contribution < -0.4 is 20.9 Å². The van der Waals surface area contributed by atoms with E-state index in [4.69, 9.17) is 0 Å². The molecule has 0 aliphatic heterocycles. The van der Waals surface area contributed by atoms with E-state index >= 15 is 0 Å². The number of alkyl halides is 2. The number of nitrogens with zero attached hydrogens (tertiary/aromatic N) is 2. The van der Waals surface area contributed by atoms with Gasteiger partial charge in [0, 0.05) is 6.54 Å². The molecule has 3 rings (SSSR count). The van der Waals surface area contributed by atoms with Crippen LogP contribution in [0.2, 0.25) is 0 Å². The second-order valence-corrected chi connectivity index (χ2v) is 8.64. The van der Waals surface area contributed by atoms with Gasteiger partial charge in [-0.15, -0.1) is 0 Å². The first-order valence-electron chi connectivity index (χ1n) is 10.5. The number of aromatic nitrogens is 2. The fourth-order valence-corrected chi connectivity index (χ4v) is 3.84. The average Bonchev–Trinajstić information content (AvgIpc) is 2.78. The number of thioether (sulfide) groups is 1. The van der Waals surface area contributed by atoms with Crippen LogP contribution >= 0.6 is 11.8 Å². The van der Waals surface area contributed by atoms with Gasteiger partial charge in [0.05, 0.1) is 22.3 Å². The maximum absolute atomic E-state index is 13.2. The molecule has 3 amide bonds. The molecule has 0 saturated heterocycles. The van der Waals surface area contributed by atoms with Gasteiger partial charge in [-0.05, 0) is 48.7 Å². The lowest BCUT2D eigenvalue weighted by molar-refractivity contribution is -0.117. The van der Waals surface area contributed by atoms with Crippen molar-refractivity contribution in [2.75, 3.05) is 12.3 Å². The number of carbonyl (C=O) groups is 2. The Morgan fingerprint density at radius 1 is 1.12 bits per heavy atom. The zero-order chi connectivity index (χ0) is 24.7. The Labute approximate surface area is 198 Å². The van der Waals surface area contributed by atoms with Crippen molar-refractivity contribution in [3.8, 4) is 11.4 Å².